The number of allylic oxidation sites excluding steroid dienone is 1. The molecule has 0 spiro atoms. The lowest BCUT2D eigenvalue weighted by molar-refractivity contribution is -0.154. The van der Waals surface area contributed by atoms with Crippen LogP contribution in [0.2, 0.25) is 0 Å². The molecule has 0 aliphatic carbocycles. The van der Waals surface area contributed by atoms with E-state index in [0.717, 1.165) is 6.42 Å². The molecule has 3 heteroatoms. The van der Waals surface area contributed by atoms with Gasteiger partial charge in [0.25, 0.3) is 0 Å². The zero-order valence-corrected chi connectivity index (χ0v) is 9.25. The maximum atomic E-state index is 11.6. The normalized spacial score (nSPS) is 15.4. The zero-order chi connectivity index (χ0) is 11.0. The van der Waals surface area contributed by atoms with E-state index in [2.05, 4.69) is 0 Å². The second-order valence-corrected chi connectivity index (χ2v) is 3.49. The molecule has 0 rings (SSSR count). The molecule has 14 heavy (non-hydrogen) atoms. The quantitative estimate of drug-likeness (QED) is 0.526. The molecular formula is C11H20O3. The predicted molar refractivity (Wildman–Crippen MR) is 55.9 cm³/mol. The molecule has 0 saturated heterocycles. The Bertz CT molecular complexity index is 199. The van der Waals surface area contributed by atoms with Gasteiger partial charge < -0.3 is 9.84 Å². The first-order chi connectivity index (χ1) is 6.60. The molecule has 0 radical (unpaired) electrons. The van der Waals surface area contributed by atoms with Gasteiger partial charge in [-0.25, -0.2) is 0 Å². The first kappa shape index (κ1) is 13.2. The lowest BCUT2D eigenvalue weighted by Gasteiger charge is -2.23. The average Bonchev–Trinajstić information content (AvgIpc) is 2.18. The lowest BCUT2D eigenvalue weighted by atomic mass is 9.84. The van der Waals surface area contributed by atoms with E-state index in [9.17, 15) is 4.79 Å². The molecule has 0 amide bonds. The van der Waals surface area contributed by atoms with E-state index < -0.39 is 5.41 Å². The molecule has 0 fully saturated rings. The molecule has 0 aliphatic rings. The minimum absolute atomic E-state index is 0.0165. The number of hydrogen-bond acceptors (Lipinski definition) is 3. The fourth-order valence-electron chi connectivity index (χ4n) is 1.10. The summed E-state index contributed by atoms with van der Waals surface area (Å²) in [5.74, 6) is -0.162. The van der Waals surface area contributed by atoms with Crippen molar-refractivity contribution in [2.45, 2.75) is 33.6 Å². The summed E-state index contributed by atoms with van der Waals surface area (Å²) >= 11 is 0. The van der Waals surface area contributed by atoms with E-state index in [1.54, 1.807) is 13.0 Å². The maximum Gasteiger partial charge on any atom is 0.312 e. The van der Waals surface area contributed by atoms with Gasteiger partial charge in [-0.15, -0.1) is 0 Å². The molecule has 0 aromatic rings. The van der Waals surface area contributed by atoms with E-state index in [-0.39, 0.29) is 12.6 Å². The smallest absolute Gasteiger partial charge is 0.312 e. The summed E-state index contributed by atoms with van der Waals surface area (Å²) in [5.41, 5.74) is -0.457. The van der Waals surface area contributed by atoms with Crippen molar-refractivity contribution in [2.24, 2.45) is 5.41 Å². The summed E-state index contributed by atoms with van der Waals surface area (Å²) in [4.78, 5) is 11.6. The monoisotopic (exact) mass is 200 g/mol. The van der Waals surface area contributed by atoms with Gasteiger partial charge in [0.2, 0.25) is 0 Å². The molecule has 0 saturated carbocycles. The molecule has 1 unspecified atom stereocenters. The third kappa shape index (κ3) is 3.92. The number of aliphatic hydroxyl groups excluding tert-OH is 1. The van der Waals surface area contributed by atoms with Crippen molar-refractivity contribution < 1.29 is 14.6 Å². The van der Waals surface area contributed by atoms with Gasteiger partial charge in [-0.3, -0.25) is 4.79 Å². The van der Waals surface area contributed by atoms with Crippen molar-refractivity contribution in [3.05, 3.63) is 12.2 Å². The van der Waals surface area contributed by atoms with E-state index in [0.29, 0.717) is 13.0 Å². The second-order valence-electron chi connectivity index (χ2n) is 3.49. The van der Waals surface area contributed by atoms with Crippen molar-refractivity contribution in [3.8, 4) is 0 Å². The van der Waals surface area contributed by atoms with Crippen molar-refractivity contribution in [3.63, 3.8) is 0 Å². The summed E-state index contributed by atoms with van der Waals surface area (Å²) in [6.07, 6.45) is 4.82. The Hall–Kier alpha value is -0.830. The molecule has 82 valence electrons. The summed E-state index contributed by atoms with van der Waals surface area (Å²) in [7, 11) is 0. The van der Waals surface area contributed by atoms with Crippen molar-refractivity contribution in [1.82, 2.24) is 0 Å². The molecule has 0 aliphatic heterocycles. The molecule has 0 heterocycles. The van der Waals surface area contributed by atoms with Gasteiger partial charge in [0.15, 0.2) is 0 Å². The van der Waals surface area contributed by atoms with Gasteiger partial charge in [0.1, 0.15) is 0 Å². The van der Waals surface area contributed by atoms with Crippen LogP contribution in [-0.4, -0.2) is 24.3 Å². The van der Waals surface area contributed by atoms with Crippen LogP contribution in [0, 0.1) is 5.41 Å². The molecular weight excluding hydrogens is 180 g/mol. The molecule has 0 bridgehead atoms. The van der Waals surface area contributed by atoms with Crippen LogP contribution in [0.1, 0.15) is 33.6 Å². The van der Waals surface area contributed by atoms with Crippen LogP contribution < -0.4 is 0 Å². The fourth-order valence-corrected chi connectivity index (χ4v) is 1.10. The standard InChI is InChI=1S/C11H20O3/c1-4-11(3,8-6-7-9-12)10(13)14-5-2/h6-7,12H,4-5,8-9H2,1-3H3/b7-6+. The highest BCUT2D eigenvalue weighted by Gasteiger charge is 2.31. The van der Waals surface area contributed by atoms with Gasteiger partial charge in [0.05, 0.1) is 18.6 Å². The van der Waals surface area contributed by atoms with E-state index in [4.69, 9.17) is 9.84 Å². The summed E-state index contributed by atoms with van der Waals surface area (Å²) in [6, 6.07) is 0. The Kier molecular flexibility index (Phi) is 6.21. The number of esters is 1. The Morgan fingerprint density at radius 2 is 2.07 bits per heavy atom. The first-order valence-electron chi connectivity index (χ1n) is 5.03. The van der Waals surface area contributed by atoms with E-state index in [1.807, 2.05) is 19.9 Å². The number of ether oxygens (including phenoxy) is 1. The zero-order valence-electron chi connectivity index (χ0n) is 9.25. The molecule has 3 nitrogen and oxygen atoms in total. The van der Waals surface area contributed by atoms with Crippen LogP contribution in [0.5, 0.6) is 0 Å². The van der Waals surface area contributed by atoms with Crippen molar-refractivity contribution in [2.75, 3.05) is 13.2 Å². The summed E-state index contributed by atoms with van der Waals surface area (Å²) in [6.45, 7) is 6.08. The number of aliphatic hydroxyl groups is 1. The average molecular weight is 200 g/mol. The summed E-state index contributed by atoms with van der Waals surface area (Å²) in [5, 5.41) is 8.57. The second kappa shape index (κ2) is 6.60. The van der Waals surface area contributed by atoms with Crippen LogP contribution >= 0.6 is 0 Å². The minimum atomic E-state index is -0.457. The number of carbonyl (C=O) groups excluding carboxylic acids is 1. The van der Waals surface area contributed by atoms with Gasteiger partial charge in [-0.2, -0.15) is 0 Å². The molecule has 1 N–H and O–H groups in total. The highest BCUT2D eigenvalue weighted by atomic mass is 16.5. The largest absolute Gasteiger partial charge is 0.466 e. The van der Waals surface area contributed by atoms with Gasteiger partial charge in [-0.1, -0.05) is 19.1 Å². The molecule has 0 aromatic heterocycles. The predicted octanol–water partition coefficient (Wildman–Crippen LogP) is 1.90. The van der Waals surface area contributed by atoms with Gasteiger partial charge in [0, 0.05) is 0 Å². The third-order valence-corrected chi connectivity index (χ3v) is 2.39. The first-order valence-corrected chi connectivity index (χ1v) is 5.03. The van der Waals surface area contributed by atoms with Crippen LogP contribution in [0.25, 0.3) is 0 Å². The highest BCUT2D eigenvalue weighted by molar-refractivity contribution is 5.76. The SMILES string of the molecule is CCOC(=O)C(C)(CC)C/C=C/CO. The Morgan fingerprint density at radius 3 is 2.50 bits per heavy atom. The fraction of sp³-hybridized carbons (Fsp3) is 0.727. The Labute approximate surface area is 85.8 Å². The van der Waals surface area contributed by atoms with Crippen LogP contribution in [-0.2, 0) is 9.53 Å². The van der Waals surface area contributed by atoms with Crippen LogP contribution in [0.15, 0.2) is 12.2 Å². The third-order valence-electron chi connectivity index (χ3n) is 2.39. The number of hydrogen-bond donors (Lipinski definition) is 1. The van der Waals surface area contributed by atoms with Gasteiger partial charge >= 0.3 is 5.97 Å². The van der Waals surface area contributed by atoms with E-state index >= 15 is 0 Å². The Balaban J connectivity index is 4.30. The topological polar surface area (TPSA) is 46.5 Å². The van der Waals surface area contributed by atoms with Crippen molar-refractivity contribution >= 4 is 5.97 Å². The highest BCUT2D eigenvalue weighted by Crippen LogP contribution is 2.27. The van der Waals surface area contributed by atoms with Crippen molar-refractivity contribution in [1.29, 1.82) is 0 Å². The lowest BCUT2D eigenvalue weighted by Crippen LogP contribution is -2.28. The maximum absolute atomic E-state index is 11.6. The molecule has 0 aromatic carbocycles. The number of rotatable bonds is 6. The Morgan fingerprint density at radius 1 is 1.43 bits per heavy atom. The van der Waals surface area contributed by atoms with Gasteiger partial charge in [-0.05, 0) is 26.7 Å². The van der Waals surface area contributed by atoms with E-state index in [1.165, 1.54) is 0 Å². The summed E-state index contributed by atoms with van der Waals surface area (Å²) < 4.78 is 4.99. The van der Waals surface area contributed by atoms with Crippen LogP contribution in [0.4, 0.5) is 0 Å². The van der Waals surface area contributed by atoms with Crippen LogP contribution in [0.3, 0.4) is 0 Å². The minimum Gasteiger partial charge on any atom is -0.466 e. The molecule has 1 atom stereocenters. The number of carbonyl (C=O) groups is 1.